The van der Waals surface area contributed by atoms with Gasteiger partial charge in [0.05, 0.1) is 5.52 Å². The van der Waals surface area contributed by atoms with Gasteiger partial charge < -0.3 is 10.7 Å². The number of para-hydroxylation sites is 1. The number of aromatic nitrogens is 1. The lowest BCUT2D eigenvalue weighted by molar-refractivity contribution is -0.119. The van der Waals surface area contributed by atoms with Crippen LogP contribution in [0, 0.1) is 5.82 Å². The van der Waals surface area contributed by atoms with Gasteiger partial charge in [0, 0.05) is 36.2 Å². The molecule has 1 fully saturated rings. The molecule has 3 rings (SSSR count). The summed E-state index contributed by atoms with van der Waals surface area (Å²) in [5.74, 6) is -0.756. The number of likely N-dealkylation sites (tertiary alicyclic amines) is 1. The molecule has 0 saturated carbocycles. The summed E-state index contributed by atoms with van der Waals surface area (Å²) in [6.07, 6.45) is 3.33. The number of primary amides is 1. The smallest absolute Gasteiger partial charge is 0.218 e. The van der Waals surface area contributed by atoms with Crippen LogP contribution in [0.2, 0.25) is 0 Å². The molecular weight excluding hydrogens is 297 g/mol. The zero-order chi connectivity index (χ0) is 16.4. The second-order valence-corrected chi connectivity index (χ2v) is 6.11. The monoisotopic (exact) mass is 317 g/mol. The SMILES string of the molecule is NC(=O)C[C@@H]1CCCCN1Cc1cc(=O)c2cccc(F)c2[nH]1. The molecule has 0 aliphatic carbocycles. The molecule has 1 aliphatic rings. The average molecular weight is 317 g/mol. The van der Waals surface area contributed by atoms with E-state index < -0.39 is 5.82 Å². The number of nitrogens with zero attached hydrogens (tertiary/aromatic N) is 1. The van der Waals surface area contributed by atoms with Crippen LogP contribution in [0.4, 0.5) is 4.39 Å². The molecule has 1 aliphatic heterocycles. The van der Waals surface area contributed by atoms with Crippen molar-refractivity contribution >= 4 is 16.8 Å². The molecule has 0 spiro atoms. The third-order valence-corrected chi connectivity index (χ3v) is 4.43. The molecule has 122 valence electrons. The summed E-state index contributed by atoms with van der Waals surface area (Å²) in [7, 11) is 0. The fourth-order valence-corrected chi connectivity index (χ4v) is 3.32. The van der Waals surface area contributed by atoms with E-state index >= 15 is 0 Å². The standard InChI is InChI=1S/C17H20FN3O2/c18-14-6-3-5-13-15(22)8-11(20-17(13)14)10-21-7-2-1-4-12(21)9-16(19)23/h3,5-6,8,12H,1-2,4,7,9-10H2,(H2,19,23)(H,20,22)/t12-/m0/s1. The minimum atomic E-state index is -0.436. The predicted molar refractivity (Wildman–Crippen MR) is 86.4 cm³/mol. The molecule has 0 bridgehead atoms. The van der Waals surface area contributed by atoms with Crippen molar-refractivity contribution < 1.29 is 9.18 Å². The van der Waals surface area contributed by atoms with Crippen molar-refractivity contribution in [1.82, 2.24) is 9.88 Å². The molecule has 1 amide bonds. The minimum Gasteiger partial charge on any atom is -0.370 e. The van der Waals surface area contributed by atoms with Gasteiger partial charge in [-0.1, -0.05) is 12.5 Å². The molecule has 2 aromatic rings. The second kappa shape index (κ2) is 6.50. The summed E-state index contributed by atoms with van der Waals surface area (Å²) < 4.78 is 13.9. The molecule has 1 atom stereocenters. The van der Waals surface area contributed by atoms with E-state index in [1.807, 2.05) is 0 Å². The van der Waals surface area contributed by atoms with E-state index in [1.54, 1.807) is 6.07 Å². The highest BCUT2D eigenvalue weighted by Crippen LogP contribution is 2.22. The highest BCUT2D eigenvalue weighted by Gasteiger charge is 2.24. The Bertz CT molecular complexity index is 787. The Hall–Kier alpha value is -2.21. The Morgan fingerprint density at radius 2 is 2.22 bits per heavy atom. The number of piperidine rings is 1. The fraction of sp³-hybridized carbons (Fsp3) is 0.412. The zero-order valence-electron chi connectivity index (χ0n) is 12.8. The van der Waals surface area contributed by atoms with E-state index in [0.29, 0.717) is 24.0 Å². The Labute approximate surface area is 133 Å². The number of aromatic amines is 1. The van der Waals surface area contributed by atoms with Gasteiger partial charge in [0.15, 0.2) is 5.43 Å². The Balaban J connectivity index is 1.89. The van der Waals surface area contributed by atoms with Crippen LogP contribution in [0.15, 0.2) is 29.1 Å². The van der Waals surface area contributed by atoms with Crippen molar-refractivity contribution in [1.29, 1.82) is 0 Å². The number of pyridine rings is 1. The Morgan fingerprint density at radius 3 is 3.00 bits per heavy atom. The lowest BCUT2D eigenvalue weighted by atomic mass is 9.98. The third kappa shape index (κ3) is 3.42. The molecule has 23 heavy (non-hydrogen) atoms. The van der Waals surface area contributed by atoms with E-state index in [0.717, 1.165) is 25.8 Å². The molecule has 5 nitrogen and oxygen atoms in total. The number of rotatable bonds is 4. The summed E-state index contributed by atoms with van der Waals surface area (Å²) in [5, 5.41) is 0.348. The number of halogens is 1. The van der Waals surface area contributed by atoms with Gasteiger partial charge in [-0.2, -0.15) is 0 Å². The van der Waals surface area contributed by atoms with Crippen LogP contribution in [-0.4, -0.2) is 28.4 Å². The number of benzene rings is 1. The number of hydrogen-bond acceptors (Lipinski definition) is 3. The second-order valence-electron chi connectivity index (χ2n) is 6.11. The molecule has 0 radical (unpaired) electrons. The first-order valence-corrected chi connectivity index (χ1v) is 7.87. The first-order valence-electron chi connectivity index (χ1n) is 7.87. The van der Waals surface area contributed by atoms with E-state index in [-0.39, 0.29) is 22.9 Å². The number of amides is 1. The molecule has 3 N–H and O–H groups in total. The van der Waals surface area contributed by atoms with Crippen LogP contribution >= 0.6 is 0 Å². The molecule has 1 aromatic heterocycles. The number of nitrogens with one attached hydrogen (secondary N) is 1. The molecule has 6 heteroatoms. The normalized spacial score (nSPS) is 19.1. The Kier molecular flexibility index (Phi) is 4.43. The highest BCUT2D eigenvalue weighted by atomic mass is 19.1. The van der Waals surface area contributed by atoms with Crippen molar-refractivity contribution in [3.05, 3.63) is 46.0 Å². The van der Waals surface area contributed by atoms with Gasteiger partial charge in [-0.25, -0.2) is 4.39 Å². The topological polar surface area (TPSA) is 79.2 Å². The summed E-state index contributed by atoms with van der Waals surface area (Å²) in [5.41, 5.74) is 6.02. The number of carbonyl (C=O) groups is 1. The molecule has 0 unspecified atom stereocenters. The summed E-state index contributed by atoms with van der Waals surface area (Å²) in [6.45, 7) is 1.33. The molecule has 1 aromatic carbocycles. The number of nitrogens with two attached hydrogens (primary N) is 1. The number of hydrogen-bond donors (Lipinski definition) is 2. The summed E-state index contributed by atoms with van der Waals surface area (Å²) in [4.78, 5) is 28.6. The number of fused-ring (bicyclic) bond motifs is 1. The van der Waals surface area contributed by atoms with E-state index in [9.17, 15) is 14.0 Å². The fourth-order valence-electron chi connectivity index (χ4n) is 3.32. The largest absolute Gasteiger partial charge is 0.370 e. The van der Waals surface area contributed by atoms with E-state index in [1.165, 1.54) is 18.2 Å². The Morgan fingerprint density at radius 1 is 1.39 bits per heavy atom. The number of carbonyl (C=O) groups excluding carboxylic acids is 1. The van der Waals surface area contributed by atoms with Crippen LogP contribution in [0.1, 0.15) is 31.4 Å². The van der Waals surface area contributed by atoms with E-state index in [4.69, 9.17) is 5.73 Å². The lowest BCUT2D eigenvalue weighted by Gasteiger charge is -2.35. The lowest BCUT2D eigenvalue weighted by Crippen LogP contribution is -2.41. The third-order valence-electron chi connectivity index (χ3n) is 4.43. The molecule has 1 saturated heterocycles. The first kappa shape index (κ1) is 15.7. The van der Waals surface area contributed by atoms with Crippen LogP contribution < -0.4 is 11.2 Å². The minimum absolute atomic E-state index is 0.0843. The van der Waals surface area contributed by atoms with Crippen LogP contribution in [0.5, 0.6) is 0 Å². The van der Waals surface area contributed by atoms with Gasteiger partial charge >= 0.3 is 0 Å². The average Bonchev–Trinajstić information content (AvgIpc) is 2.50. The maximum Gasteiger partial charge on any atom is 0.218 e. The van der Waals surface area contributed by atoms with Gasteiger partial charge in [0.25, 0.3) is 0 Å². The summed E-state index contributed by atoms with van der Waals surface area (Å²) >= 11 is 0. The van der Waals surface area contributed by atoms with Crippen molar-refractivity contribution in [2.75, 3.05) is 6.54 Å². The van der Waals surface area contributed by atoms with Gasteiger partial charge in [0.1, 0.15) is 5.82 Å². The van der Waals surface area contributed by atoms with Crippen LogP contribution in [0.3, 0.4) is 0 Å². The quantitative estimate of drug-likeness (QED) is 0.904. The van der Waals surface area contributed by atoms with Crippen molar-refractivity contribution in [3.63, 3.8) is 0 Å². The zero-order valence-corrected chi connectivity index (χ0v) is 12.8. The van der Waals surface area contributed by atoms with Crippen molar-refractivity contribution in [3.8, 4) is 0 Å². The van der Waals surface area contributed by atoms with Gasteiger partial charge in [0.2, 0.25) is 5.91 Å². The van der Waals surface area contributed by atoms with Crippen molar-refractivity contribution in [2.24, 2.45) is 5.73 Å². The predicted octanol–water partition coefficient (Wildman–Crippen LogP) is 1.90. The molecular formula is C17H20FN3O2. The first-order chi connectivity index (χ1) is 11.0. The van der Waals surface area contributed by atoms with Gasteiger partial charge in [-0.15, -0.1) is 0 Å². The van der Waals surface area contributed by atoms with E-state index in [2.05, 4.69) is 9.88 Å². The van der Waals surface area contributed by atoms with Gasteiger partial charge in [-0.3, -0.25) is 14.5 Å². The molecule has 2 heterocycles. The number of H-pyrrole nitrogens is 1. The maximum atomic E-state index is 13.9. The van der Waals surface area contributed by atoms with Crippen molar-refractivity contribution in [2.45, 2.75) is 38.3 Å². The maximum absolute atomic E-state index is 13.9. The summed E-state index contributed by atoms with van der Waals surface area (Å²) in [6, 6.07) is 6.06. The van der Waals surface area contributed by atoms with Gasteiger partial charge in [-0.05, 0) is 31.5 Å². The van der Waals surface area contributed by atoms with Crippen LogP contribution in [-0.2, 0) is 11.3 Å². The van der Waals surface area contributed by atoms with Crippen LogP contribution in [0.25, 0.3) is 10.9 Å². The highest BCUT2D eigenvalue weighted by molar-refractivity contribution is 5.79.